The third-order valence-corrected chi connectivity index (χ3v) is 1.66. The maximum Gasteiger partial charge on any atom is 0.339 e. The molecule has 80 valence electrons. The van der Waals surface area contributed by atoms with E-state index >= 15 is 0 Å². The van der Waals surface area contributed by atoms with Crippen LogP contribution in [0.5, 0.6) is 0 Å². The molecule has 0 radical (unpaired) electrons. The number of nitrogens with zero attached hydrogens (tertiary/aromatic N) is 2. The average Bonchev–Trinajstić information content (AvgIpc) is 2.18. The van der Waals surface area contributed by atoms with Crippen molar-refractivity contribution >= 4 is 17.5 Å². The number of aromatic nitrogens is 1. The van der Waals surface area contributed by atoms with Gasteiger partial charge in [-0.3, -0.25) is 10.1 Å². The third-order valence-electron chi connectivity index (χ3n) is 1.66. The van der Waals surface area contributed by atoms with Crippen LogP contribution in [0, 0.1) is 10.1 Å². The number of carbonyl (C=O) groups is 1. The summed E-state index contributed by atoms with van der Waals surface area (Å²) in [7, 11) is 0. The van der Waals surface area contributed by atoms with Crippen LogP contribution in [0.15, 0.2) is 12.3 Å². The summed E-state index contributed by atoms with van der Waals surface area (Å²) in [5.74, 6) is -1.11. The number of carboxylic acids is 1. The van der Waals surface area contributed by atoms with Crippen LogP contribution in [-0.2, 0) is 0 Å². The number of carboxylic acid groups (broad SMARTS) is 1. The van der Waals surface area contributed by atoms with Gasteiger partial charge in [-0.1, -0.05) is 0 Å². The molecule has 0 aliphatic rings. The molecule has 0 aromatic carbocycles. The standard InChI is InChI=1S/C8H9N3O4/c1-2-9-7-6(8(12)13)3-5(4-10-7)11(14)15/h3-4H,2H2,1H3,(H,9,10)(H,12,13). The lowest BCUT2D eigenvalue weighted by Gasteiger charge is -2.05. The van der Waals surface area contributed by atoms with E-state index < -0.39 is 10.9 Å². The molecule has 1 heterocycles. The Morgan fingerprint density at radius 1 is 1.73 bits per heavy atom. The first-order valence-electron chi connectivity index (χ1n) is 4.17. The van der Waals surface area contributed by atoms with Gasteiger partial charge in [0.15, 0.2) is 0 Å². The van der Waals surface area contributed by atoms with Crippen molar-refractivity contribution in [2.24, 2.45) is 0 Å². The second-order valence-electron chi connectivity index (χ2n) is 2.68. The van der Waals surface area contributed by atoms with Crippen LogP contribution < -0.4 is 5.32 Å². The first-order chi connectivity index (χ1) is 7.06. The Bertz CT molecular complexity index is 405. The Balaban J connectivity index is 3.20. The van der Waals surface area contributed by atoms with Crippen molar-refractivity contribution in [2.45, 2.75) is 6.92 Å². The number of hydrogen-bond acceptors (Lipinski definition) is 5. The highest BCUT2D eigenvalue weighted by Crippen LogP contribution is 2.18. The molecule has 0 saturated carbocycles. The maximum absolute atomic E-state index is 10.8. The summed E-state index contributed by atoms with van der Waals surface area (Å²) in [6, 6.07) is 0.979. The Kier molecular flexibility index (Phi) is 3.17. The van der Waals surface area contributed by atoms with Crippen molar-refractivity contribution in [1.29, 1.82) is 0 Å². The summed E-state index contributed by atoms with van der Waals surface area (Å²) in [4.78, 5) is 24.2. The Morgan fingerprint density at radius 3 is 2.87 bits per heavy atom. The van der Waals surface area contributed by atoms with Gasteiger partial charge in [0.05, 0.1) is 4.92 Å². The predicted octanol–water partition coefficient (Wildman–Crippen LogP) is 1.12. The highest BCUT2D eigenvalue weighted by molar-refractivity contribution is 5.93. The van der Waals surface area contributed by atoms with Crippen LogP contribution in [0.25, 0.3) is 0 Å². The van der Waals surface area contributed by atoms with Crippen molar-refractivity contribution in [2.75, 3.05) is 11.9 Å². The highest BCUT2D eigenvalue weighted by atomic mass is 16.6. The van der Waals surface area contributed by atoms with Gasteiger partial charge in [0.2, 0.25) is 0 Å². The molecule has 0 atom stereocenters. The zero-order valence-corrected chi connectivity index (χ0v) is 7.93. The van der Waals surface area contributed by atoms with Crippen molar-refractivity contribution in [3.05, 3.63) is 27.9 Å². The first kappa shape index (κ1) is 10.9. The molecule has 15 heavy (non-hydrogen) atoms. The van der Waals surface area contributed by atoms with E-state index in [9.17, 15) is 14.9 Å². The summed E-state index contributed by atoms with van der Waals surface area (Å²) in [5, 5.41) is 21.9. The minimum absolute atomic E-state index is 0.135. The van der Waals surface area contributed by atoms with Gasteiger partial charge in [0.25, 0.3) is 5.69 Å². The van der Waals surface area contributed by atoms with Gasteiger partial charge in [-0.25, -0.2) is 9.78 Å². The lowest BCUT2D eigenvalue weighted by Crippen LogP contribution is -2.08. The number of anilines is 1. The van der Waals surface area contributed by atoms with E-state index in [0.717, 1.165) is 12.3 Å². The monoisotopic (exact) mass is 211 g/mol. The normalized spacial score (nSPS) is 9.67. The number of pyridine rings is 1. The van der Waals surface area contributed by atoms with Gasteiger partial charge in [0.1, 0.15) is 17.6 Å². The van der Waals surface area contributed by atoms with Crippen molar-refractivity contribution in [1.82, 2.24) is 4.98 Å². The predicted molar refractivity (Wildman–Crippen MR) is 52.0 cm³/mol. The molecule has 0 saturated heterocycles. The molecule has 0 unspecified atom stereocenters. The molecule has 0 spiro atoms. The van der Waals surface area contributed by atoms with Gasteiger partial charge in [-0.2, -0.15) is 0 Å². The van der Waals surface area contributed by atoms with Gasteiger partial charge in [0, 0.05) is 12.6 Å². The molecule has 0 fully saturated rings. The van der Waals surface area contributed by atoms with Crippen LogP contribution in [-0.4, -0.2) is 27.5 Å². The number of rotatable bonds is 4. The lowest BCUT2D eigenvalue weighted by molar-refractivity contribution is -0.385. The van der Waals surface area contributed by atoms with Crippen LogP contribution in [0.2, 0.25) is 0 Å². The number of aromatic carboxylic acids is 1. The smallest absolute Gasteiger partial charge is 0.339 e. The van der Waals surface area contributed by atoms with E-state index in [0.29, 0.717) is 6.54 Å². The van der Waals surface area contributed by atoms with Gasteiger partial charge >= 0.3 is 5.97 Å². The van der Waals surface area contributed by atoms with Crippen molar-refractivity contribution in [3.8, 4) is 0 Å². The molecule has 0 aliphatic carbocycles. The first-order valence-corrected chi connectivity index (χ1v) is 4.17. The topological polar surface area (TPSA) is 105 Å². The van der Waals surface area contributed by atoms with E-state index in [1.54, 1.807) is 6.92 Å². The zero-order valence-electron chi connectivity index (χ0n) is 7.93. The van der Waals surface area contributed by atoms with Crippen molar-refractivity contribution < 1.29 is 14.8 Å². The van der Waals surface area contributed by atoms with E-state index in [4.69, 9.17) is 5.11 Å². The maximum atomic E-state index is 10.8. The quantitative estimate of drug-likeness (QED) is 0.571. The summed E-state index contributed by atoms with van der Waals surface area (Å²) in [6.07, 6.45) is 1.02. The number of hydrogen-bond donors (Lipinski definition) is 2. The molecular weight excluding hydrogens is 202 g/mol. The largest absolute Gasteiger partial charge is 0.478 e. The fourth-order valence-electron chi connectivity index (χ4n) is 1.02. The molecule has 0 aliphatic heterocycles. The fourth-order valence-corrected chi connectivity index (χ4v) is 1.02. The van der Waals surface area contributed by atoms with E-state index in [1.807, 2.05) is 0 Å². The molecule has 1 rings (SSSR count). The average molecular weight is 211 g/mol. The molecule has 7 nitrogen and oxygen atoms in total. The van der Waals surface area contributed by atoms with Crippen LogP contribution in [0.3, 0.4) is 0 Å². The van der Waals surface area contributed by atoms with Crippen molar-refractivity contribution in [3.63, 3.8) is 0 Å². The summed E-state index contributed by atoms with van der Waals surface area (Å²) < 4.78 is 0. The van der Waals surface area contributed by atoms with E-state index in [-0.39, 0.29) is 17.1 Å². The second kappa shape index (κ2) is 4.36. The molecule has 0 bridgehead atoms. The second-order valence-corrected chi connectivity index (χ2v) is 2.68. The molecule has 1 aromatic heterocycles. The lowest BCUT2D eigenvalue weighted by atomic mass is 10.2. The van der Waals surface area contributed by atoms with Crippen LogP contribution in [0.4, 0.5) is 11.5 Å². The molecule has 7 heteroatoms. The minimum atomic E-state index is -1.25. The Labute approximate surface area is 84.9 Å². The van der Waals surface area contributed by atoms with Crippen LogP contribution >= 0.6 is 0 Å². The Morgan fingerprint density at radius 2 is 2.40 bits per heavy atom. The molecule has 2 N–H and O–H groups in total. The van der Waals surface area contributed by atoms with Gasteiger partial charge < -0.3 is 10.4 Å². The number of nitrogens with one attached hydrogen (secondary N) is 1. The summed E-state index contributed by atoms with van der Waals surface area (Å²) in [5.41, 5.74) is -0.542. The zero-order chi connectivity index (χ0) is 11.4. The summed E-state index contributed by atoms with van der Waals surface area (Å²) >= 11 is 0. The molecule has 0 amide bonds. The minimum Gasteiger partial charge on any atom is -0.478 e. The van der Waals surface area contributed by atoms with Gasteiger partial charge in [-0.15, -0.1) is 0 Å². The molecular formula is C8H9N3O4. The fraction of sp³-hybridized carbons (Fsp3) is 0.250. The third kappa shape index (κ3) is 2.39. The highest BCUT2D eigenvalue weighted by Gasteiger charge is 2.16. The van der Waals surface area contributed by atoms with E-state index in [2.05, 4.69) is 10.3 Å². The number of nitro groups is 1. The van der Waals surface area contributed by atoms with Gasteiger partial charge in [-0.05, 0) is 6.92 Å². The Hall–Kier alpha value is -2.18. The van der Waals surface area contributed by atoms with E-state index in [1.165, 1.54) is 0 Å². The molecule has 1 aromatic rings. The SMILES string of the molecule is CCNc1ncc([N+](=O)[O-])cc1C(=O)O. The summed E-state index contributed by atoms with van der Waals surface area (Å²) in [6.45, 7) is 2.26. The van der Waals surface area contributed by atoms with Crippen LogP contribution in [0.1, 0.15) is 17.3 Å².